The molecule has 0 saturated heterocycles. The summed E-state index contributed by atoms with van der Waals surface area (Å²) in [5.74, 6) is 1.25. The predicted octanol–water partition coefficient (Wildman–Crippen LogP) is 1.89. The minimum atomic E-state index is -0.295. The third-order valence-electron chi connectivity index (χ3n) is 4.04. The molecule has 7 heteroatoms. The Hall–Kier alpha value is -2.67. The van der Waals surface area contributed by atoms with E-state index in [-0.39, 0.29) is 12.2 Å². The molecule has 2 heterocycles. The summed E-state index contributed by atoms with van der Waals surface area (Å²) in [6, 6.07) is 7.71. The van der Waals surface area contributed by atoms with Gasteiger partial charge in [-0.3, -0.25) is 0 Å². The summed E-state index contributed by atoms with van der Waals surface area (Å²) in [6.45, 7) is 0. The van der Waals surface area contributed by atoms with Crippen molar-refractivity contribution in [1.29, 1.82) is 0 Å². The molecule has 1 fully saturated rings. The van der Waals surface area contributed by atoms with Crippen molar-refractivity contribution in [3.8, 4) is 17.4 Å². The maximum atomic E-state index is 9.58. The zero-order valence-corrected chi connectivity index (χ0v) is 12.4. The molecule has 0 aliphatic heterocycles. The van der Waals surface area contributed by atoms with Gasteiger partial charge in [-0.15, -0.1) is 0 Å². The van der Waals surface area contributed by atoms with E-state index in [1.807, 2.05) is 24.3 Å². The Labute approximate surface area is 132 Å². The molecule has 2 atom stereocenters. The largest absolute Gasteiger partial charge is 0.473 e. The van der Waals surface area contributed by atoms with Gasteiger partial charge in [0.2, 0.25) is 5.88 Å². The number of benzene rings is 1. The van der Waals surface area contributed by atoms with Crippen LogP contribution in [0.2, 0.25) is 0 Å². The van der Waals surface area contributed by atoms with Gasteiger partial charge in [0.1, 0.15) is 6.10 Å². The lowest BCUT2D eigenvalue weighted by Gasteiger charge is -2.12. The monoisotopic (exact) mass is 311 g/mol. The fourth-order valence-electron chi connectivity index (χ4n) is 2.87. The quantitative estimate of drug-likeness (QED) is 0.681. The summed E-state index contributed by atoms with van der Waals surface area (Å²) >= 11 is 0. The molecule has 4 rings (SSSR count). The third-order valence-corrected chi connectivity index (χ3v) is 4.04. The standard InChI is InChI=1S/C16H17N5O2/c17-15-14(16-19-11-3-1-2-4-12(11)20-16)21-13(8-18-15)23-10-6-5-9(22)7-10/h1-4,8-10,22H,5-7H2,(H2,17,18)(H,19,20)/t9?,10-/m0/s1. The van der Waals surface area contributed by atoms with Gasteiger partial charge < -0.3 is 20.6 Å². The Bertz CT molecular complexity index is 814. The SMILES string of the molecule is Nc1ncc(O[C@H]2CCC(O)C2)nc1-c1nc2ccccc2[nH]1. The van der Waals surface area contributed by atoms with Gasteiger partial charge in [0.15, 0.2) is 17.3 Å². The van der Waals surface area contributed by atoms with Crippen LogP contribution in [0.25, 0.3) is 22.6 Å². The van der Waals surface area contributed by atoms with Crippen LogP contribution in [-0.2, 0) is 0 Å². The lowest BCUT2D eigenvalue weighted by Crippen LogP contribution is -2.15. The number of hydrogen-bond acceptors (Lipinski definition) is 6. The number of para-hydroxylation sites is 2. The number of imidazole rings is 1. The first-order valence-corrected chi connectivity index (χ1v) is 7.61. The fourth-order valence-corrected chi connectivity index (χ4v) is 2.87. The summed E-state index contributed by atoms with van der Waals surface area (Å²) in [7, 11) is 0. The number of nitrogen functional groups attached to an aromatic ring is 1. The van der Waals surface area contributed by atoms with E-state index in [4.69, 9.17) is 10.5 Å². The number of rotatable bonds is 3. The molecule has 23 heavy (non-hydrogen) atoms. The molecular weight excluding hydrogens is 294 g/mol. The molecule has 0 amide bonds. The number of aromatic amines is 1. The molecular formula is C16H17N5O2. The number of hydrogen-bond donors (Lipinski definition) is 3. The molecule has 7 nitrogen and oxygen atoms in total. The maximum Gasteiger partial charge on any atom is 0.233 e. The number of ether oxygens (including phenoxy) is 1. The van der Waals surface area contributed by atoms with Crippen molar-refractivity contribution in [1.82, 2.24) is 19.9 Å². The van der Waals surface area contributed by atoms with E-state index in [9.17, 15) is 5.11 Å². The first-order chi connectivity index (χ1) is 11.2. The molecule has 0 bridgehead atoms. The van der Waals surface area contributed by atoms with Gasteiger partial charge >= 0.3 is 0 Å². The van der Waals surface area contributed by atoms with E-state index in [1.54, 1.807) is 0 Å². The first-order valence-electron chi connectivity index (χ1n) is 7.61. The first kappa shape index (κ1) is 14.0. The number of aromatic nitrogens is 4. The summed E-state index contributed by atoms with van der Waals surface area (Å²) < 4.78 is 5.81. The summed E-state index contributed by atoms with van der Waals surface area (Å²) in [6.07, 6.45) is 3.36. The van der Waals surface area contributed by atoms with Crippen LogP contribution in [0.15, 0.2) is 30.5 Å². The highest BCUT2D eigenvalue weighted by Crippen LogP contribution is 2.27. The van der Waals surface area contributed by atoms with E-state index in [1.165, 1.54) is 6.20 Å². The molecule has 0 spiro atoms. The molecule has 4 N–H and O–H groups in total. The second-order valence-electron chi connectivity index (χ2n) is 5.75. The summed E-state index contributed by atoms with van der Waals surface area (Å²) in [4.78, 5) is 16.3. The smallest absolute Gasteiger partial charge is 0.233 e. The summed E-state index contributed by atoms with van der Waals surface area (Å²) in [5, 5.41) is 9.58. The van der Waals surface area contributed by atoms with E-state index in [2.05, 4.69) is 19.9 Å². The molecule has 3 aromatic rings. The van der Waals surface area contributed by atoms with E-state index >= 15 is 0 Å². The number of aliphatic hydroxyl groups is 1. The Kier molecular flexibility index (Phi) is 3.34. The van der Waals surface area contributed by atoms with Crippen LogP contribution in [-0.4, -0.2) is 37.3 Å². The van der Waals surface area contributed by atoms with Crippen molar-refractivity contribution in [2.75, 3.05) is 5.73 Å². The van der Waals surface area contributed by atoms with Crippen LogP contribution in [0.5, 0.6) is 5.88 Å². The van der Waals surface area contributed by atoms with Gasteiger partial charge in [0.05, 0.1) is 23.3 Å². The van der Waals surface area contributed by atoms with E-state index in [0.29, 0.717) is 29.6 Å². The van der Waals surface area contributed by atoms with Crippen LogP contribution in [0, 0.1) is 0 Å². The molecule has 1 aromatic carbocycles. The molecule has 118 valence electrons. The van der Waals surface area contributed by atoms with Crippen molar-refractivity contribution in [3.63, 3.8) is 0 Å². The van der Waals surface area contributed by atoms with Gasteiger partial charge in [0, 0.05) is 6.42 Å². The molecule has 0 radical (unpaired) electrons. The number of H-pyrrole nitrogens is 1. The van der Waals surface area contributed by atoms with Crippen LogP contribution < -0.4 is 10.5 Å². The number of anilines is 1. The minimum Gasteiger partial charge on any atom is -0.473 e. The van der Waals surface area contributed by atoms with Gasteiger partial charge in [-0.05, 0) is 25.0 Å². The van der Waals surface area contributed by atoms with Crippen LogP contribution in [0.4, 0.5) is 5.82 Å². The Morgan fingerprint density at radius 2 is 2.09 bits per heavy atom. The second kappa shape index (κ2) is 5.51. The Balaban J connectivity index is 1.66. The number of nitrogens with two attached hydrogens (primary N) is 1. The van der Waals surface area contributed by atoms with Crippen molar-refractivity contribution in [3.05, 3.63) is 30.5 Å². The topological polar surface area (TPSA) is 110 Å². The number of aliphatic hydroxyl groups excluding tert-OH is 1. The Morgan fingerprint density at radius 3 is 2.87 bits per heavy atom. The maximum absolute atomic E-state index is 9.58. The van der Waals surface area contributed by atoms with E-state index in [0.717, 1.165) is 23.9 Å². The van der Waals surface area contributed by atoms with Crippen LogP contribution >= 0.6 is 0 Å². The Morgan fingerprint density at radius 1 is 1.22 bits per heavy atom. The van der Waals surface area contributed by atoms with Crippen molar-refractivity contribution >= 4 is 16.9 Å². The van der Waals surface area contributed by atoms with E-state index < -0.39 is 0 Å². The fraction of sp³-hybridized carbons (Fsp3) is 0.312. The highest BCUT2D eigenvalue weighted by Gasteiger charge is 2.25. The zero-order valence-electron chi connectivity index (χ0n) is 12.4. The van der Waals surface area contributed by atoms with Gasteiger partial charge in [0.25, 0.3) is 0 Å². The van der Waals surface area contributed by atoms with Crippen LogP contribution in [0.3, 0.4) is 0 Å². The van der Waals surface area contributed by atoms with Crippen molar-refractivity contribution in [2.24, 2.45) is 0 Å². The lowest BCUT2D eigenvalue weighted by molar-refractivity contribution is 0.146. The van der Waals surface area contributed by atoms with Crippen molar-refractivity contribution < 1.29 is 9.84 Å². The number of nitrogens with one attached hydrogen (secondary N) is 1. The molecule has 1 aliphatic carbocycles. The lowest BCUT2D eigenvalue weighted by atomic mass is 10.3. The normalized spacial score (nSPS) is 20.9. The zero-order chi connectivity index (χ0) is 15.8. The number of fused-ring (bicyclic) bond motifs is 1. The average molecular weight is 311 g/mol. The van der Waals surface area contributed by atoms with Gasteiger partial charge in [-0.25, -0.2) is 15.0 Å². The second-order valence-corrected chi connectivity index (χ2v) is 5.75. The average Bonchev–Trinajstić information content (AvgIpc) is 3.15. The predicted molar refractivity (Wildman–Crippen MR) is 85.8 cm³/mol. The van der Waals surface area contributed by atoms with Crippen LogP contribution in [0.1, 0.15) is 19.3 Å². The molecule has 1 aliphatic rings. The minimum absolute atomic E-state index is 0.0357. The molecule has 2 aromatic heterocycles. The van der Waals surface area contributed by atoms with Gasteiger partial charge in [-0.2, -0.15) is 0 Å². The summed E-state index contributed by atoms with van der Waals surface area (Å²) in [5.41, 5.74) is 8.17. The molecule has 1 saturated carbocycles. The van der Waals surface area contributed by atoms with Crippen molar-refractivity contribution in [2.45, 2.75) is 31.5 Å². The highest BCUT2D eigenvalue weighted by atomic mass is 16.5. The molecule has 1 unspecified atom stereocenters. The van der Waals surface area contributed by atoms with Gasteiger partial charge in [-0.1, -0.05) is 12.1 Å². The number of nitrogens with zero attached hydrogens (tertiary/aromatic N) is 3. The third kappa shape index (κ3) is 2.70. The highest BCUT2D eigenvalue weighted by molar-refractivity contribution is 5.80.